The zero-order chi connectivity index (χ0) is 16.0. The molecule has 0 heterocycles. The predicted molar refractivity (Wildman–Crippen MR) is 83.1 cm³/mol. The molecule has 1 saturated carbocycles. The lowest BCUT2D eigenvalue weighted by atomic mass is 9.87. The lowest BCUT2D eigenvalue weighted by Gasteiger charge is -2.20. The van der Waals surface area contributed by atoms with Crippen LogP contribution in [-0.2, 0) is 20.6 Å². The Balaban J connectivity index is 1.89. The Kier molecular flexibility index (Phi) is 5.56. The first kappa shape index (κ1) is 16.5. The van der Waals surface area contributed by atoms with Gasteiger partial charge in [0.15, 0.2) is 0 Å². The summed E-state index contributed by atoms with van der Waals surface area (Å²) in [4.78, 5) is 11.9. The second kappa shape index (κ2) is 7.41. The largest absolute Gasteiger partial charge is 0.274 e. The zero-order valence-electron chi connectivity index (χ0n) is 12.4. The minimum absolute atomic E-state index is 0.255. The van der Waals surface area contributed by atoms with E-state index in [4.69, 9.17) is 5.26 Å². The predicted octanol–water partition coefficient (Wildman–Crippen LogP) is 2.47. The van der Waals surface area contributed by atoms with E-state index in [0.717, 1.165) is 25.7 Å². The van der Waals surface area contributed by atoms with Crippen LogP contribution in [0.15, 0.2) is 24.3 Å². The molecule has 0 saturated heterocycles. The molecule has 6 heteroatoms. The van der Waals surface area contributed by atoms with Crippen LogP contribution in [0.25, 0.3) is 0 Å². The summed E-state index contributed by atoms with van der Waals surface area (Å²) >= 11 is 0. The highest BCUT2D eigenvalue weighted by Gasteiger charge is 2.20. The van der Waals surface area contributed by atoms with Gasteiger partial charge in [-0.1, -0.05) is 31.4 Å². The van der Waals surface area contributed by atoms with E-state index in [1.54, 1.807) is 24.3 Å². The molecular formula is C16H20N2O3S. The Morgan fingerprint density at radius 1 is 1.18 bits per heavy atom. The molecule has 0 unspecified atom stereocenters. The van der Waals surface area contributed by atoms with Gasteiger partial charge in [0, 0.05) is 6.42 Å². The van der Waals surface area contributed by atoms with Gasteiger partial charge in [-0.15, -0.1) is 0 Å². The molecule has 1 amide bonds. The Labute approximate surface area is 131 Å². The van der Waals surface area contributed by atoms with Crippen LogP contribution in [0.5, 0.6) is 0 Å². The third kappa shape index (κ3) is 5.15. The molecule has 1 aromatic carbocycles. The van der Waals surface area contributed by atoms with Crippen molar-refractivity contribution in [1.29, 1.82) is 5.26 Å². The van der Waals surface area contributed by atoms with Gasteiger partial charge in [0.2, 0.25) is 15.9 Å². The van der Waals surface area contributed by atoms with Crippen molar-refractivity contribution < 1.29 is 13.2 Å². The summed E-state index contributed by atoms with van der Waals surface area (Å²) in [6, 6.07) is 8.28. The smallest absolute Gasteiger partial charge is 0.239 e. The number of carbonyl (C=O) groups excluding carboxylic acids is 1. The summed E-state index contributed by atoms with van der Waals surface area (Å²) in [6.07, 6.45) is 5.74. The maximum absolute atomic E-state index is 12.0. The third-order valence-electron chi connectivity index (χ3n) is 3.91. The van der Waals surface area contributed by atoms with Crippen LogP contribution in [0.2, 0.25) is 0 Å². The number of sulfonamides is 1. The summed E-state index contributed by atoms with van der Waals surface area (Å²) < 4.78 is 26.2. The molecule has 5 nitrogen and oxygen atoms in total. The van der Waals surface area contributed by atoms with Gasteiger partial charge in [-0.25, -0.2) is 8.42 Å². The fraction of sp³-hybridized carbons (Fsp3) is 0.500. The number of amides is 1. The maximum atomic E-state index is 12.0. The van der Waals surface area contributed by atoms with Crippen LogP contribution >= 0.6 is 0 Å². The highest BCUT2D eigenvalue weighted by molar-refractivity contribution is 7.89. The van der Waals surface area contributed by atoms with Crippen molar-refractivity contribution in [3.63, 3.8) is 0 Å². The first-order valence-corrected chi connectivity index (χ1v) is 9.16. The van der Waals surface area contributed by atoms with Gasteiger partial charge in [0.25, 0.3) is 0 Å². The number of benzene rings is 1. The minimum atomic E-state index is -3.69. The Hall–Kier alpha value is -1.87. The first-order valence-electron chi connectivity index (χ1n) is 7.51. The van der Waals surface area contributed by atoms with Gasteiger partial charge in [-0.3, -0.25) is 9.52 Å². The van der Waals surface area contributed by atoms with Crippen LogP contribution in [-0.4, -0.2) is 14.3 Å². The van der Waals surface area contributed by atoms with Crippen molar-refractivity contribution in [3.05, 3.63) is 35.4 Å². The molecule has 0 bridgehead atoms. The molecule has 1 fully saturated rings. The van der Waals surface area contributed by atoms with Crippen molar-refractivity contribution in [3.8, 4) is 6.07 Å². The molecule has 0 radical (unpaired) electrons. The number of hydrogen-bond acceptors (Lipinski definition) is 4. The lowest BCUT2D eigenvalue weighted by molar-refractivity contribution is -0.120. The summed E-state index contributed by atoms with van der Waals surface area (Å²) in [5.41, 5.74) is 1.03. The second-order valence-corrected chi connectivity index (χ2v) is 7.52. The van der Waals surface area contributed by atoms with Crippen LogP contribution in [0.3, 0.4) is 0 Å². The van der Waals surface area contributed by atoms with Crippen LogP contribution in [0.4, 0.5) is 0 Å². The molecule has 1 aliphatic rings. The second-order valence-electron chi connectivity index (χ2n) is 5.80. The van der Waals surface area contributed by atoms with E-state index in [-0.39, 0.29) is 12.2 Å². The quantitative estimate of drug-likeness (QED) is 0.903. The van der Waals surface area contributed by atoms with E-state index >= 15 is 0 Å². The molecule has 1 aromatic rings. The summed E-state index contributed by atoms with van der Waals surface area (Å²) in [5, 5.41) is 8.71. The highest BCUT2D eigenvalue weighted by atomic mass is 32.2. The monoisotopic (exact) mass is 320 g/mol. The van der Waals surface area contributed by atoms with Crippen LogP contribution in [0, 0.1) is 17.2 Å². The van der Waals surface area contributed by atoms with Crippen molar-refractivity contribution in [2.24, 2.45) is 5.92 Å². The Morgan fingerprint density at radius 3 is 2.41 bits per heavy atom. The van der Waals surface area contributed by atoms with Gasteiger partial charge in [-0.2, -0.15) is 5.26 Å². The van der Waals surface area contributed by atoms with Gasteiger partial charge in [0.05, 0.1) is 17.4 Å². The SMILES string of the molecule is N#Cc1ccc(CS(=O)(=O)NC(=O)CC2CCCCC2)cc1. The van der Waals surface area contributed by atoms with E-state index in [1.165, 1.54) is 6.42 Å². The number of rotatable bonds is 5. The molecule has 0 aromatic heterocycles. The first-order chi connectivity index (χ1) is 10.5. The van der Waals surface area contributed by atoms with E-state index in [9.17, 15) is 13.2 Å². The number of nitrogens with zero attached hydrogens (tertiary/aromatic N) is 1. The zero-order valence-corrected chi connectivity index (χ0v) is 13.2. The standard InChI is InChI=1S/C16H20N2O3S/c17-11-14-6-8-15(9-7-14)12-22(20,21)18-16(19)10-13-4-2-1-3-5-13/h6-9,13H,1-5,10,12H2,(H,18,19). The normalized spacial score (nSPS) is 16.0. The number of nitrogens with one attached hydrogen (secondary N) is 1. The number of nitriles is 1. The average molecular weight is 320 g/mol. The summed E-state index contributed by atoms with van der Waals surface area (Å²) in [6.45, 7) is 0. The topological polar surface area (TPSA) is 87.0 Å². The number of hydrogen-bond donors (Lipinski definition) is 1. The summed E-state index contributed by atoms with van der Waals surface area (Å²) in [7, 11) is -3.69. The number of carbonyl (C=O) groups is 1. The van der Waals surface area contributed by atoms with Crippen molar-refractivity contribution in [2.45, 2.75) is 44.3 Å². The Bertz CT molecular complexity index is 654. The van der Waals surface area contributed by atoms with Gasteiger partial charge in [-0.05, 0) is 36.5 Å². The van der Waals surface area contributed by atoms with Crippen molar-refractivity contribution in [1.82, 2.24) is 4.72 Å². The van der Waals surface area contributed by atoms with E-state index < -0.39 is 15.9 Å². The molecule has 0 aliphatic heterocycles. The third-order valence-corrected chi connectivity index (χ3v) is 5.16. The fourth-order valence-electron chi connectivity index (χ4n) is 2.80. The summed E-state index contributed by atoms with van der Waals surface area (Å²) in [5.74, 6) is -0.367. The van der Waals surface area contributed by atoms with Crippen LogP contribution < -0.4 is 4.72 Å². The van der Waals surface area contributed by atoms with Crippen molar-refractivity contribution in [2.75, 3.05) is 0 Å². The van der Waals surface area contributed by atoms with E-state index in [1.807, 2.05) is 6.07 Å². The lowest BCUT2D eigenvalue weighted by Crippen LogP contribution is -2.33. The minimum Gasteiger partial charge on any atom is -0.274 e. The van der Waals surface area contributed by atoms with E-state index in [0.29, 0.717) is 17.0 Å². The molecular weight excluding hydrogens is 300 g/mol. The maximum Gasteiger partial charge on any atom is 0.239 e. The Morgan fingerprint density at radius 2 is 1.82 bits per heavy atom. The molecule has 0 spiro atoms. The molecule has 2 rings (SSSR count). The van der Waals surface area contributed by atoms with Gasteiger partial charge in [0.1, 0.15) is 0 Å². The van der Waals surface area contributed by atoms with E-state index in [2.05, 4.69) is 4.72 Å². The van der Waals surface area contributed by atoms with Gasteiger partial charge < -0.3 is 0 Å². The fourth-order valence-corrected chi connectivity index (χ4v) is 3.93. The average Bonchev–Trinajstić information content (AvgIpc) is 2.48. The molecule has 1 aliphatic carbocycles. The molecule has 1 N–H and O–H groups in total. The highest BCUT2D eigenvalue weighted by Crippen LogP contribution is 2.26. The van der Waals surface area contributed by atoms with Gasteiger partial charge >= 0.3 is 0 Å². The molecule has 118 valence electrons. The molecule has 22 heavy (non-hydrogen) atoms. The van der Waals surface area contributed by atoms with Crippen molar-refractivity contribution >= 4 is 15.9 Å². The van der Waals surface area contributed by atoms with Crippen LogP contribution in [0.1, 0.15) is 49.7 Å². The molecule has 0 atom stereocenters.